The average Bonchev–Trinajstić information content (AvgIpc) is 3.29. The molecule has 0 unspecified atom stereocenters. The molecule has 0 amide bonds. The first kappa shape index (κ1) is 21.8. The van der Waals surface area contributed by atoms with Gasteiger partial charge in [0.25, 0.3) is 10.0 Å². The van der Waals surface area contributed by atoms with Gasteiger partial charge in [-0.2, -0.15) is 0 Å². The molecule has 0 saturated carbocycles. The van der Waals surface area contributed by atoms with Crippen LogP contribution in [0, 0.1) is 0 Å². The van der Waals surface area contributed by atoms with E-state index in [0.29, 0.717) is 21.6 Å². The van der Waals surface area contributed by atoms with Crippen molar-refractivity contribution < 1.29 is 8.42 Å². The second kappa shape index (κ2) is 10.2. The van der Waals surface area contributed by atoms with Gasteiger partial charge in [0.15, 0.2) is 5.11 Å². The van der Waals surface area contributed by atoms with Crippen molar-refractivity contribution in [2.45, 2.75) is 10.8 Å². The molecule has 0 aliphatic carbocycles. The van der Waals surface area contributed by atoms with Crippen molar-refractivity contribution in [3.05, 3.63) is 95.9 Å². The Bertz CT molecular complexity index is 1210. The first-order valence-electron chi connectivity index (χ1n) is 9.06. The number of hydrogen-bond acceptors (Lipinski definition) is 4. The highest BCUT2D eigenvalue weighted by atomic mass is 32.2. The molecule has 4 rings (SSSR count). The van der Waals surface area contributed by atoms with Crippen LogP contribution < -0.4 is 15.8 Å². The van der Waals surface area contributed by atoms with Gasteiger partial charge in [-0.1, -0.05) is 66.7 Å². The van der Waals surface area contributed by atoms with E-state index in [1.807, 2.05) is 66.7 Å². The van der Waals surface area contributed by atoms with E-state index < -0.39 is 10.0 Å². The lowest BCUT2D eigenvalue weighted by Gasteiger charge is -2.07. The van der Waals surface area contributed by atoms with Gasteiger partial charge in [-0.05, 0) is 52.1 Å². The molecule has 1 aromatic heterocycles. The van der Waals surface area contributed by atoms with Crippen LogP contribution in [0.1, 0.15) is 5.56 Å². The maximum Gasteiger partial charge on any atom is 0.271 e. The van der Waals surface area contributed by atoms with Gasteiger partial charge in [-0.25, -0.2) is 8.42 Å². The Labute approximate surface area is 185 Å². The second-order valence-corrected chi connectivity index (χ2v) is 9.60. The first-order chi connectivity index (χ1) is 14.4. The van der Waals surface area contributed by atoms with Gasteiger partial charge < -0.3 is 11.1 Å². The fourth-order valence-corrected chi connectivity index (χ4v) is 4.77. The fourth-order valence-electron chi connectivity index (χ4n) is 2.66. The molecule has 0 fully saturated rings. The van der Waals surface area contributed by atoms with Gasteiger partial charge in [-0.3, -0.25) is 4.72 Å². The summed E-state index contributed by atoms with van der Waals surface area (Å²) in [7, 11) is -3.47. The number of hydrogen-bond donors (Lipinski definition) is 3. The van der Waals surface area contributed by atoms with Crippen molar-refractivity contribution >= 4 is 55.2 Å². The summed E-state index contributed by atoms with van der Waals surface area (Å²) in [6.45, 7) is 0.705. The second-order valence-electron chi connectivity index (χ2n) is 6.30. The third-order valence-corrected chi connectivity index (χ3v) is 6.99. The molecular weight excluding hydrogens is 434 g/mol. The molecule has 0 aliphatic heterocycles. The minimum atomic E-state index is -3.47. The van der Waals surface area contributed by atoms with Crippen LogP contribution in [0.4, 0.5) is 5.69 Å². The molecular formula is C22H21N3O2S3. The molecule has 30 heavy (non-hydrogen) atoms. The van der Waals surface area contributed by atoms with Gasteiger partial charge >= 0.3 is 0 Å². The van der Waals surface area contributed by atoms with E-state index in [2.05, 4.69) is 22.3 Å². The van der Waals surface area contributed by atoms with Crippen molar-refractivity contribution in [3.8, 4) is 0 Å². The number of nitrogens with two attached hydrogens (primary N) is 1. The van der Waals surface area contributed by atoms with Gasteiger partial charge in [0.05, 0.1) is 0 Å². The highest BCUT2D eigenvalue weighted by molar-refractivity contribution is 7.94. The van der Waals surface area contributed by atoms with E-state index in [-0.39, 0.29) is 0 Å². The van der Waals surface area contributed by atoms with Crippen LogP contribution in [-0.4, -0.2) is 13.5 Å². The van der Waals surface area contributed by atoms with Crippen LogP contribution in [0.25, 0.3) is 10.8 Å². The third kappa shape index (κ3) is 6.28. The normalized spacial score (nSPS) is 10.7. The van der Waals surface area contributed by atoms with Crippen molar-refractivity contribution in [2.75, 3.05) is 4.72 Å². The Morgan fingerprint density at radius 1 is 0.900 bits per heavy atom. The van der Waals surface area contributed by atoms with Crippen LogP contribution in [0.15, 0.2) is 94.5 Å². The fraction of sp³-hybridized carbons (Fsp3) is 0.0455. The van der Waals surface area contributed by atoms with E-state index in [4.69, 9.17) is 5.73 Å². The minimum absolute atomic E-state index is 0.320. The SMILES string of the molecule is NC(=S)NCc1ccccc1.O=S(=O)(Nc1ccc2ccccc2c1)c1cccs1. The highest BCUT2D eigenvalue weighted by Gasteiger charge is 2.14. The molecule has 0 spiro atoms. The lowest BCUT2D eigenvalue weighted by Crippen LogP contribution is -2.28. The number of fused-ring (bicyclic) bond motifs is 1. The summed E-state index contributed by atoms with van der Waals surface area (Å²) in [5.74, 6) is 0. The van der Waals surface area contributed by atoms with Crippen molar-refractivity contribution in [3.63, 3.8) is 0 Å². The van der Waals surface area contributed by atoms with Gasteiger partial charge in [-0.15, -0.1) is 11.3 Å². The van der Waals surface area contributed by atoms with E-state index >= 15 is 0 Å². The van der Waals surface area contributed by atoms with E-state index in [0.717, 1.165) is 10.8 Å². The lowest BCUT2D eigenvalue weighted by atomic mass is 10.1. The summed E-state index contributed by atoms with van der Waals surface area (Å²) < 4.78 is 27.1. The van der Waals surface area contributed by atoms with E-state index in [1.54, 1.807) is 23.6 Å². The summed E-state index contributed by atoms with van der Waals surface area (Å²) in [5, 5.41) is 7.05. The Kier molecular flexibility index (Phi) is 7.40. The molecule has 5 nitrogen and oxygen atoms in total. The molecule has 0 atom stereocenters. The number of nitrogens with one attached hydrogen (secondary N) is 2. The maximum atomic E-state index is 12.1. The van der Waals surface area contributed by atoms with Crippen molar-refractivity contribution in [1.82, 2.24) is 5.32 Å². The monoisotopic (exact) mass is 455 g/mol. The van der Waals surface area contributed by atoms with Crippen molar-refractivity contribution in [1.29, 1.82) is 0 Å². The zero-order chi connectivity index (χ0) is 21.4. The molecule has 3 aromatic carbocycles. The smallest absolute Gasteiger partial charge is 0.271 e. The predicted octanol–water partition coefficient (Wildman–Crippen LogP) is 4.72. The van der Waals surface area contributed by atoms with Crippen LogP contribution in [0.2, 0.25) is 0 Å². The molecule has 8 heteroatoms. The zero-order valence-electron chi connectivity index (χ0n) is 16.0. The number of sulfonamides is 1. The van der Waals surface area contributed by atoms with Crippen LogP contribution in [0.3, 0.4) is 0 Å². The van der Waals surface area contributed by atoms with Gasteiger partial charge in [0, 0.05) is 12.2 Å². The molecule has 0 bridgehead atoms. The standard InChI is InChI=1S/C14H11NO2S2.C8H10N2S/c16-19(17,14-6-3-9-18-14)15-13-8-7-11-4-1-2-5-12(11)10-13;9-8(11)10-6-7-4-2-1-3-5-7/h1-10,15H;1-5H,6H2,(H3,9,10,11). The molecule has 0 radical (unpaired) electrons. The number of rotatable bonds is 5. The van der Waals surface area contributed by atoms with Gasteiger partial charge in [0.2, 0.25) is 0 Å². The number of anilines is 1. The molecule has 4 aromatic rings. The summed E-state index contributed by atoms with van der Waals surface area (Å²) in [6, 6.07) is 26.6. The molecule has 0 saturated heterocycles. The Hall–Kier alpha value is -2.94. The molecule has 4 N–H and O–H groups in total. The predicted molar refractivity (Wildman–Crippen MR) is 129 cm³/mol. The summed E-state index contributed by atoms with van der Waals surface area (Å²) in [5.41, 5.74) is 7.02. The lowest BCUT2D eigenvalue weighted by molar-refractivity contribution is 0.603. The topological polar surface area (TPSA) is 84.2 Å². The zero-order valence-corrected chi connectivity index (χ0v) is 18.4. The minimum Gasteiger partial charge on any atom is -0.376 e. The van der Waals surface area contributed by atoms with Crippen LogP contribution >= 0.6 is 23.6 Å². The van der Waals surface area contributed by atoms with Crippen LogP contribution in [0.5, 0.6) is 0 Å². The maximum absolute atomic E-state index is 12.1. The molecule has 0 aliphatic rings. The number of benzene rings is 3. The summed E-state index contributed by atoms with van der Waals surface area (Å²) in [4.78, 5) is 0. The Morgan fingerprint density at radius 2 is 1.60 bits per heavy atom. The quantitative estimate of drug-likeness (QED) is 0.379. The summed E-state index contributed by atoms with van der Waals surface area (Å²) >= 11 is 5.86. The average molecular weight is 456 g/mol. The molecule has 1 heterocycles. The first-order valence-corrected chi connectivity index (χ1v) is 11.8. The molecule has 154 valence electrons. The highest BCUT2D eigenvalue weighted by Crippen LogP contribution is 2.23. The largest absolute Gasteiger partial charge is 0.376 e. The summed E-state index contributed by atoms with van der Waals surface area (Å²) in [6.07, 6.45) is 0. The number of thiophene rings is 1. The van der Waals surface area contributed by atoms with Gasteiger partial charge in [0.1, 0.15) is 4.21 Å². The van der Waals surface area contributed by atoms with E-state index in [9.17, 15) is 8.42 Å². The van der Waals surface area contributed by atoms with E-state index in [1.165, 1.54) is 16.9 Å². The number of thiocarbonyl (C=S) groups is 1. The Morgan fingerprint density at radius 3 is 2.27 bits per heavy atom. The Balaban J connectivity index is 0.000000199. The van der Waals surface area contributed by atoms with Crippen LogP contribution in [-0.2, 0) is 16.6 Å². The van der Waals surface area contributed by atoms with Crippen molar-refractivity contribution in [2.24, 2.45) is 5.73 Å². The third-order valence-electron chi connectivity index (χ3n) is 4.07.